The van der Waals surface area contributed by atoms with Gasteiger partial charge >= 0.3 is 0 Å². The second-order valence-electron chi connectivity index (χ2n) is 5.58. The van der Waals surface area contributed by atoms with E-state index in [1.807, 2.05) is 0 Å². The highest BCUT2D eigenvalue weighted by Gasteiger charge is 2.37. The SMILES string of the molecule is Cc1cc(C2(O)CCCC(C(C)C)C2)cs1. The van der Waals surface area contributed by atoms with Gasteiger partial charge < -0.3 is 5.11 Å². The van der Waals surface area contributed by atoms with Crippen molar-refractivity contribution < 1.29 is 5.11 Å². The van der Waals surface area contributed by atoms with Crippen LogP contribution in [0, 0.1) is 18.8 Å². The molecule has 1 aliphatic rings. The van der Waals surface area contributed by atoms with Crippen LogP contribution in [0.25, 0.3) is 0 Å². The first-order valence-corrected chi connectivity index (χ1v) is 7.17. The van der Waals surface area contributed by atoms with E-state index in [1.165, 1.54) is 11.3 Å². The summed E-state index contributed by atoms with van der Waals surface area (Å²) in [6, 6.07) is 2.16. The summed E-state index contributed by atoms with van der Waals surface area (Å²) in [6.45, 7) is 6.66. The summed E-state index contributed by atoms with van der Waals surface area (Å²) in [6.07, 6.45) is 4.32. The molecule has 2 unspecified atom stereocenters. The van der Waals surface area contributed by atoms with E-state index in [4.69, 9.17) is 0 Å². The summed E-state index contributed by atoms with van der Waals surface area (Å²) in [5.41, 5.74) is 0.609. The zero-order valence-corrected chi connectivity index (χ0v) is 11.3. The molecule has 1 aromatic rings. The highest BCUT2D eigenvalue weighted by Crippen LogP contribution is 2.43. The van der Waals surface area contributed by atoms with Gasteiger partial charge in [-0.2, -0.15) is 0 Å². The quantitative estimate of drug-likeness (QED) is 0.822. The molecule has 0 bridgehead atoms. The van der Waals surface area contributed by atoms with Crippen molar-refractivity contribution >= 4 is 11.3 Å². The highest BCUT2D eigenvalue weighted by molar-refractivity contribution is 7.10. The molecule has 0 radical (unpaired) electrons. The molecule has 2 rings (SSSR count). The van der Waals surface area contributed by atoms with E-state index in [-0.39, 0.29) is 0 Å². The molecule has 0 aromatic carbocycles. The predicted octanol–water partition coefficient (Wildman–Crippen LogP) is 4.09. The van der Waals surface area contributed by atoms with Crippen LogP contribution in [0.2, 0.25) is 0 Å². The molecule has 90 valence electrons. The summed E-state index contributed by atoms with van der Waals surface area (Å²) < 4.78 is 0. The smallest absolute Gasteiger partial charge is 0.0907 e. The van der Waals surface area contributed by atoms with Gasteiger partial charge in [-0.3, -0.25) is 0 Å². The average molecular weight is 238 g/mol. The molecule has 1 nitrogen and oxygen atoms in total. The van der Waals surface area contributed by atoms with Crippen LogP contribution >= 0.6 is 11.3 Å². The molecule has 1 aliphatic carbocycles. The molecule has 1 fully saturated rings. The van der Waals surface area contributed by atoms with Crippen LogP contribution in [0.5, 0.6) is 0 Å². The minimum absolute atomic E-state index is 0.544. The fourth-order valence-corrected chi connectivity index (χ4v) is 3.61. The van der Waals surface area contributed by atoms with Crippen LogP contribution in [0.3, 0.4) is 0 Å². The van der Waals surface area contributed by atoms with Crippen molar-refractivity contribution in [3.05, 3.63) is 21.9 Å². The molecule has 16 heavy (non-hydrogen) atoms. The Morgan fingerprint density at radius 2 is 2.25 bits per heavy atom. The molecule has 1 N–H and O–H groups in total. The molecule has 0 spiro atoms. The maximum Gasteiger partial charge on any atom is 0.0907 e. The lowest BCUT2D eigenvalue weighted by Crippen LogP contribution is -2.34. The fraction of sp³-hybridized carbons (Fsp3) is 0.714. The minimum Gasteiger partial charge on any atom is -0.385 e. The van der Waals surface area contributed by atoms with Gasteiger partial charge in [-0.15, -0.1) is 11.3 Å². The first-order valence-electron chi connectivity index (χ1n) is 6.29. The number of hydrogen-bond donors (Lipinski definition) is 1. The van der Waals surface area contributed by atoms with Crippen molar-refractivity contribution in [2.45, 2.75) is 52.1 Å². The Labute approximate surface area is 103 Å². The summed E-state index contributed by atoms with van der Waals surface area (Å²) in [5.74, 6) is 1.37. The summed E-state index contributed by atoms with van der Waals surface area (Å²) >= 11 is 1.75. The van der Waals surface area contributed by atoms with Crippen LogP contribution in [-0.4, -0.2) is 5.11 Å². The molecule has 2 heteroatoms. The van der Waals surface area contributed by atoms with Crippen molar-refractivity contribution in [1.82, 2.24) is 0 Å². The highest BCUT2D eigenvalue weighted by atomic mass is 32.1. The third-order valence-electron chi connectivity index (χ3n) is 3.98. The number of thiophene rings is 1. The van der Waals surface area contributed by atoms with Crippen molar-refractivity contribution in [1.29, 1.82) is 0 Å². The van der Waals surface area contributed by atoms with Crippen molar-refractivity contribution in [3.63, 3.8) is 0 Å². The molecular formula is C14H22OS. The van der Waals surface area contributed by atoms with Gasteiger partial charge in [-0.05, 0) is 61.5 Å². The molecule has 1 aromatic heterocycles. The van der Waals surface area contributed by atoms with Crippen molar-refractivity contribution in [2.75, 3.05) is 0 Å². The Balaban J connectivity index is 2.18. The topological polar surface area (TPSA) is 20.2 Å². The average Bonchev–Trinajstić information content (AvgIpc) is 2.65. The van der Waals surface area contributed by atoms with Crippen LogP contribution in [0.15, 0.2) is 11.4 Å². The molecular weight excluding hydrogens is 216 g/mol. The van der Waals surface area contributed by atoms with Gasteiger partial charge in [-0.1, -0.05) is 13.8 Å². The monoisotopic (exact) mass is 238 g/mol. The predicted molar refractivity (Wildman–Crippen MR) is 69.7 cm³/mol. The Morgan fingerprint density at radius 3 is 2.81 bits per heavy atom. The maximum absolute atomic E-state index is 10.8. The Morgan fingerprint density at radius 1 is 1.50 bits per heavy atom. The van der Waals surface area contributed by atoms with E-state index in [0.717, 1.165) is 24.8 Å². The van der Waals surface area contributed by atoms with Gasteiger partial charge in [0.1, 0.15) is 0 Å². The van der Waals surface area contributed by atoms with E-state index < -0.39 is 5.60 Å². The van der Waals surface area contributed by atoms with Gasteiger partial charge in [0.25, 0.3) is 0 Å². The van der Waals surface area contributed by atoms with Crippen LogP contribution < -0.4 is 0 Å². The van der Waals surface area contributed by atoms with Gasteiger partial charge in [0, 0.05) is 4.88 Å². The van der Waals surface area contributed by atoms with Crippen LogP contribution in [-0.2, 0) is 5.60 Å². The zero-order chi connectivity index (χ0) is 11.8. The van der Waals surface area contributed by atoms with Crippen LogP contribution in [0.1, 0.15) is 50.0 Å². The molecule has 2 atom stereocenters. The van der Waals surface area contributed by atoms with E-state index in [0.29, 0.717) is 11.8 Å². The van der Waals surface area contributed by atoms with E-state index in [2.05, 4.69) is 32.2 Å². The normalized spacial score (nSPS) is 30.9. The number of rotatable bonds is 2. The first-order chi connectivity index (χ1) is 7.51. The number of aryl methyl sites for hydroxylation is 1. The second kappa shape index (κ2) is 4.50. The lowest BCUT2D eigenvalue weighted by molar-refractivity contribution is -0.0292. The standard InChI is InChI=1S/C14H22OS/c1-10(2)12-5-4-6-14(15,8-12)13-7-11(3)16-9-13/h7,9-10,12,15H,4-6,8H2,1-3H3. The Bertz CT molecular complexity index is 355. The van der Waals surface area contributed by atoms with E-state index >= 15 is 0 Å². The molecule has 0 aliphatic heterocycles. The van der Waals surface area contributed by atoms with Crippen molar-refractivity contribution in [2.24, 2.45) is 11.8 Å². The van der Waals surface area contributed by atoms with Gasteiger partial charge in [0.2, 0.25) is 0 Å². The van der Waals surface area contributed by atoms with Crippen LogP contribution in [0.4, 0.5) is 0 Å². The Kier molecular flexibility index (Phi) is 3.41. The van der Waals surface area contributed by atoms with Crippen molar-refractivity contribution in [3.8, 4) is 0 Å². The summed E-state index contributed by atoms with van der Waals surface area (Å²) in [5, 5.41) is 12.9. The van der Waals surface area contributed by atoms with E-state index in [1.54, 1.807) is 11.3 Å². The first kappa shape index (κ1) is 12.1. The molecule has 0 amide bonds. The molecule has 1 heterocycles. The molecule has 0 saturated heterocycles. The number of aliphatic hydroxyl groups is 1. The zero-order valence-electron chi connectivity index (χ0n) is 10.5. The fourth-order valence-electron chi connectivity index (χ4n) is 2.81. The second-order valence-corrected chi connectivity index (χ2v) is 6.69. The summed E-state index contributed by atoms with van der Waals surface area (Å²) in [4.78, 5) is 1.30. The third-order valence-corrected chi connectivity index (χ3v) is 4.84. The lowest BCUT2D eigenvalue weighted by Gasteiger charge is -2.38. The molecule has 1 saturated carbocycles. The van der Waals surface area contributed by atoms with Gasteiger partial charge in [0.15, 0.2) is 0 Å². The Hall–Kier alpha value is -0.340. The third kappa shape index (κ3) is 2.33. The summed E-state index contributed by atoms with van der Waals surface area (Å²) in [7, 11) is 0. The van der Waals surface area contributed by atoms with Gasteiger partial charge in [-0.25, -0.2) is 0 Å². The largest absolute Gasteiger partial charge is 0.385 e. The van der Waals surface area contributed by atoms with E-state index in [9.17, 15) is 5.11 Å². The number of hydrogen-bond acceptors (Lipinski definition) is 2. The van der Waals surface area contributed by atoms with Gasteiger partial charge in [0.05, 0.1) is 5.60 Å². The minimum atomic E-state index is -0.544. The lowest BCUT2D eigenvalue weighted by atomic mass is 9.71. The maximum atomic E-state index is 10.8.